The van der Waals surface area contributed by atoms with Crippen LogP contribution in [0.4, 0.5) is 4.79 Å². The fraction of sp³-hybridized carbons (Fsp3) is 0.500. The minimum absolute atomic E-state index is 0.0631. The molecule has 1 aromatic rings. The van der Waals surface area contributed by atoms with Gasteiger partial charge in [-0.1, -0.05) is 13.8 Å². The van der Waals surface area contributed by atoms with Crippen LogP contribution in [0.25, 0.3) is 0 Å². The van der Waals surface area contributed by atoms with Crippen LogP contribution in [0.1, 0.15) is 29.3 Å². The SMILES string of the molecule is COC(=O)C(NC(=O)NCc1nc(C(=O)O)cs1)C(C)C. The van der Waals surface area contributed by atoms with Gasteiger partial charge in [0.2, 0.25) is 0 Å². The molecule has 21 heavy (non-hydrogen) atoms. The van der Waals surface area contributed by atoms with Crippen molar-refractivity contribution < 1.29 is 24.2 Å². The van der Waals surface area contributed by atoms with Crippen LogP contribution in [0.15, 0.2) is 5.38 Å². The number of hydrogen-bond donors (Lipinski definition) is 3. The molecule has 1 aromatic heterocycles. The molecule has 2 amide bonds. The van der Waals surface area contributed by atoms with Crippen LogP contribution < -0.4 is 10.6 Å². The Morgan fingerprint density at radius 3 is 2.57 bits per heavy atom. The predicted octanol–water partition coefficient (Wildman–Crippen LogP) is 0.838. The van der Waals surface area contributed by atoms with E-state index in [1.54, 1.807) is 13.8 Å². The van der Waals surface area contributed by atoms with E-state index in [0.29, 0.717) is 5.01 Å². The summed E-state index contributed by atoms with van der Waals surface area (Å²) in [6.45, 7) is 3.64. The van der Waals surface area contributed by atoms with Gasteiger partial charge in [0.25, 0.3) is 0 Å². The summed E-state index contributed by atoms with van der Waals surface area (Å²) in [7, 11) is 1.25. The van der Waals surface area contributed by atoms with E-state index in [9.17, 15) is 14.4 Å². The van der Waals surface area contributed by atoms with Gasteiger partial charge in [0, 0.05) is 5.38 Å². The summed E-state index contributed by atoms with van der Waals surface area (Å²) in [5, 5.41) is 15.6. The Balaban J connectivity index is 2.52. The van der Waals surface area contributed by atoms with Crippen molar-refractivity contribution in [2.45, 2.75) is 26.4 Å². The first-order valence-corrected chi connectivity index (χ1v) is 7.03. The lowest BCUT2D eigenvalue weighted by Crippen LogP contribution is -2.48. The highest BCUT2D eigenvalue weighted by Gasteiger charge is 2.24. The molecule has 0 aliphatic carbocycles. The van der Waals surface area contributed by atoms with Crippen LogP contribution in [0.5, 0.6) is 0 Å². The normalized spacial score (nSPS) is 11.8. The predicted molar refractivity (Wildman–Crippen MR) is 75.1 cm³/mol. The van der Waals surface area contributed by atoms with Gasteiger partial charge in [-0.25, -0.2) is 19.4 Å². The van der Waals surface area contributed by atoms with Gasteiger partial charge in [0.15, 0.2) is 5.69 Å². The number of hydrogen-bond acceptors (Lipinski definition) is 6. The summed E-state index contributed by atoms with van der Waals surface area (Å²) in [5.74, 6) is -1.77. The maximum absolute atomic E-state index is 11.7. The summed E-state index contributed by atoms with van der Waals surface area (Å²) < 4.78 is 4.61. The molecule has 1 rings (SSSR count). The molecular weight excluding hydrogens is 298 g/mol. The van der Waals surface area contributed by atoms with Crippen LogP contribution in [0.2, 0.25) is 0 Å². The van der Waals surface area contributed by atoms with Gasteiger partial charge < -0.3 is 20.5 Å². The van der Waals surface area contributed by atoms with Gasteiger partial charge in [0.1, 0.15) is 11.0 Å². The highest BCUT2D eigenvalue weighted by atomic mass is 32.1. The number of carbonyl (C=O) groups is 3. The monoisotopic (exact) mass is 315 g/mol. The summed E-state index contributed by atoms with van der Waals surface area (Å²) >= 11 is 1.13. The summed E-state index contributed by atoms with van der Waals surface area (Å²) in [6, 6.07) is -1.30. The topological polar surface area (TPSA) is 118 Å². The maximum Gasteiger partial charge on any atom is 0.355 e. The van der Waals surface area contributed by atoms with E-state index in [4.69, 9.17) is 5.11 Å². The van der Waals surface area contributed by atoms with E-state index >= 15 is 0 Å². The number of rotatable bonds is 6. The number of ether oxygens (including phenoxy) is 1. The Morgan fingerprint density at radius 1 is 1.43 bits per heavy atom. The van der Waals surface area contributed by atoms with E-state index in [0.717, 1.165) is 11.3 Å². The Hall–Kier alpha value is -2.16. The average Bonchev–Trinajstić information content (AvgIpc) is 2.90. The minimum Gasteiger partial charge on any atom is -0.476 e. The second-order valence-corrected chi connectivity index (χ2v) is 5.45. The maximum atomic E-state index is 11.7. The van der Waals surface area contributed by atoms with Crippen molar-refractivity contribution in [3.8, 4) is 0 Å². The number of carboxylic acids is 1. The smallest absolute Gasteiger partial charge is 0.355 e. The molecule has 0 spiro atoms. The number of aromatic carboxylic acids is 1. The number of carbonyl (C=O) groups excluding carboxylic acids is 2. The van der Waals surface area contributed by atoms with Crippen molar-refractivity contribution in [3.63, 3.8) is 0 Å². The van der Waals surface area contributed by atoms with E-state index in [-0.39, 0.29) is 18.2 Å². The standard InChI is InChI=1S/C12H17N3O5S/c1-6(2)9(11(18)20-3)15-12(19)13-4-8-14-7(5-21-8)10(16)17/h5-6,9H,4H2,1-3H3,(H,16,17)(H2,13,15,19). The summed E-state index contributed by atoms with van der Waals surface area (Å²) in [4.78, 5) is 37.7. The lowest BCUT2D eigenvalue weighted by molar-refractivity contribution is -0.143. The first-order chi connectivity index (χ1) is 9.85. The number of carboxylic acid groups (broad SMARTS) is 1. The zero-order valence-electron chi connectivity index (χ0n) is 11.9. The van der Waals surface area contributed by atoms with E-state index in [2.05, 4.69) is 20.4 Å². The van der Waals surface area contributed by atoms with Crippen LogP contribution in [-0.4, -0.2) is 41.2 Å². The average molecular weight is 315 g/mol. The molecule has 0 radical (unpaired) electrons. The van der Waals surface area contributed by atoms with Crippen LogP contribution >= 0.6 is 11.3 Å². The molecule has 0 aromatic carbocycles. The largest absolute Gasteiger partial charge is 0.476 e. The molecule has 1 unspecified atom stereocenters. The molecule has 0 bridgehead atoms. The Labute approximate surface area is 125 Å². The van der Waals surface area contributed by atoms with E-state index < -0.39 is 24.0 Å². The minimum atomic E-state index is -1.12. The quantitative estimate of drug-likeness (QED) is 0.670. The van der Waals surface area contributed by atoms with Crippen molar-refractivity contribution in [1.29, 1.82) is 0 Å². The van der Waals surface area contributed by atoms with E-state index in [1.165, 1.54) is 12.5 Å². The third-order valence-electron chi connectivity index (χ3n) is 2.58. The number of thiazole rings is 1. The van der Waals surface area contributed by atoms with Crippen molar-refractivity contribution in [1.82, 2.24) is 15.6 Å². The molecule has 0 saturated heterocycles. The molecule has 9 heteroatoms. The Bertz CT molecular complexity index is 529. The number of aromatic nitrogens is 1. The number of nitrogens with one attached hydrogen (secondary N) is 2. The van der Waals surface area contributed by atoms with Gasteiger partial charge in [-0.2, -0.15) is 0 Å². The fourth-order valence-electron chi connectivity index (χ4n) is 1.46. The van der Waals surface area contributed by atoms with Gasteiger partial charge in [-0.3, -0.25) is 0 Å². The molecule has 0 aliphatic rings. The number of methoxy groups -OCH3 is 1. The molecule has 0 saturated carbocycles. The molecule has 1 heterocycles. The summed E-state index contributed by atoms with van der Waals surface area (Å²) in [6.07, 6.45) is 0. The molecule has 1 atom stereocenters. The zero-order valence-corrected chi connectivity index (χ0v) is 12.7. The van der Waals surface area contributed by atoms with Crippen molar-refractivity contribution in [2.24, 2.45) is 5.92 Å². The second kappa shape index (κ2) is 7.58. The van der Waals surface area contributed by atoms with E-state index in [1.807, 2.05) is 0 Å². The highest BCUT2D eigenvalue weighted by molar-refractivity contribution is 7.09. The molecule has 116 valence electrons. The third-order valence-corrected chi connectivity index (χ3v) is 3.43. The van der Waals surface area contributed by atoms with Crippen LogP contribution in [0, 0.1) is 5.92 Å². The van der Waals surface area contributed by atoms with Gasteiger partial charge >= 0.3 is 18.0 Å². The lowest BCUT2D eigenvalue weighted by atomic mass is 10.1. The van der Waals surface area contributed by atoms with Gasteiger partial charge in [-0.05, 0) is 5.92 Å². The Morgan fingerprint density at radius 2 is 2.10 bits per heavy atom. The summed E-state index contributed by atoms with van der Waals surface area (Å²) in [5.41, 5.74) is -0.0631. The molecule has 0 aliphatic heterocycles. The number of esters is 1. The van der Waals surface area contributed by atoms with Crippen molar-refractivity contribution in [3.05, 3.63) is 16.1 Å². The molecule has 8 nitrogen and oxygen atoms in total. The number of nitrogens with zero attached hydrogens (tertiary/aromatic N) is 1. The first kappa shape index (κ1) is 16.9. The number of urea groups is 1. The molecule has 0 fully saturated rings. The van der Waals surface area contributed by atoms with Crippen molar-refractivity contribution in [2.75, 3.05) is 7.11 Å². The lowest BCUT2D eigenvalue weighted by Gasteiger charge is -2.19. The second-order valence-electron chi connectivity index (χ2n) is 4.50. The van der Waals surface area contributed by atoms with Crippen LogP contribution in [0.3, 0.4) is 0 Å². The fourth-order valence-corrected chi connectivity index (χ4v) is 2.17. The van der Waals surface area contributed by atoms with Crippen molar-refractivity contribution >= 4 is 29.3 Å². The van der Waals surface area contributed by atoms with Gasteiger partial charge in [0.05, 0.1) is 13.7 Å². The van der Waals surface area contributed by atoms with Gasteiger partial charge in [-0.15, -0.1) is 11.3 Å². The Kier molecular flexibility index (Phi) is 6.10. The van der Waals surface area contributed by atoms with Crippen LogP contribution in [-0.2, 0) is 16.1 Å². The zero-order chi connectivity index (χ0) is 16.0. The first-order valence-electron chi connectivity index (χ1n) is 6.15. The third kappa shape index (κ3) is 5.03. The molecular formula is C12H17N3O5S. The molecule has 3 N–H and O–H groups in total. The number of amides is 2. The highest BCUT2D eigenvalue weighted by Crippen LogP contribution is 2.09.